The Bertz CT molecular complexity index is 1410. The topological polar surface area (TPSA) is 114 Å². The zero-order valence-corrected chi connectivity index (χ0v) is 19.2. The Hall–Kier alpha value is -4.84. The van der Waals surface area contributed by atoms with Crippen molar-refractivity contribution in [3.05, 3.63) is 95.6 Å². The molecule has 2 aromatic rings. The summed E-state index contributed by atoms with van der Waals surface area (Å²) >= 11 is 0. The Morgan fingerprint density at radius 3 is 3.03 bits per heavy atom. The van der Waals surface area contributed by atoms with Crippen LogP contribution in [0.1, 0.15) is 24.1 Å². The fourth-order valence-corrected chi connectivity index (χ4v) is 3.95. The SMILES string of the molecule is N#Cc1ccc2cc(/C=C/C(=O)NC[C@@H]3CN(C4=COC=C(C5=CC=CCC5)O4)C(=O)O3)ccc2n1. The van der Waals surface area contributed by atoms with Crippen LogP contribution in [0.3, 0.4) is 0 Å². The van der Waals surface area contributed by atoms with Crippen LogP contribution in [-0.2, 0) is 19.0 Å². The summed E-state index contributed by atoms with van der Waals surface area (Å²) in [5.74, 6) is 0.484. The van der Waals surface area contributed by atoms with Crippen molar-refractivity contribution in [1.82, 2.24) is 15.2 Å². The van der Waals surface area contributed by atoms with Crippen molar-refractivity contribution in [3.63, 3.8) is 0 Å². The minimum Gasteiger partial charge on any atom is -0.463 e. The van der Waals surface area contributed by atoms with Gasteiger partial charge >= 0.3 is 6.09 Å². The predicted octanol–water partition coefficient (Wildman–Crippen LogP) is 4.02. The first-order valence-corrected chi connectivity index (χ1v) is 11.4. The Morgan fingerprint density at radius 1 is 1.28 bits per heavy atom. The van der Waals surface area contributed by atoms with E-state index in [1.54, 1.807) is 18.2 Å². The van der Waals surface area contributed by atoms with E-state index < -0.39 is 12.2 Å². The first-order valence-electron chi connectivity index (χ1n) is 11.4. The largest absolute Gasteiger partial charge is 0.463 e. The number of benzene rings is 1. The molecule has 1 N–H and O–H groups in total. The maximum Gasteiger partial charge on any atom is 0.417 e. The number of nitrogens with one attached hydrogen (secondary N) is 1. The number of pyridine rings is 1. The second-order valence-corrected chi connectivity index (χ2v) is 8.29. The van der Waals surface area contributed by atoms with Crippen molar-refractivity contribution in [2.75, 3.05) is 13.1 Å². The molecule has 2 aliphatic heterocycles. The molecule has 0 unspecified atom stereocenters. The lowest BCUT2D eigenvalue weighted by molar-refractivity contribution is -0.116. The van der Waals surface area contributed by atoms with Gasteiger partial charge in [-0.15, -0.1) is 0 Å². The normalized spacial score (nSPS) is 19.1. The minimum absolute atomic E-state index is 0.150. The van der Waals surface area contributed by atoms with Crippen molar-refractivity contribution in [1.29, 1.82) is 5.26 Å². The number of nitrogens with zero attached hydrogens (tertiary/aromatic N) is 3. The average molecular weight is 482 g/mol. The lowest BCUT2D eigenvalue weighted by atomic mass is 10.0. The highest BCUT2D eigenvalue weighted by Crippen LogP contribution is 2.29. The molecule has 1 fully saturated rings. The second kappa shape index (κ2) is 10.2. The van der Waals surface area contributed by atoms with E-state index in [1.165, 1.54) is 23.5 Å². The molecule has 180 valence electrons. The Balaban J connectivity index is 1.13. The quantitative estimate of drug-likeness (QED) is 0.619. The number of amides is 2. The van der Waals surface area contributed by atoms with Crippen LogP contribution in [0.15, 0.2) is 84.4 Å². The Kier molecular flexibility index (Phi) is 6.49. The number of fused-ring (bicyclic) bond motifs is 1. The minimum atomic E-state index is -0.567. The van der Waals surface area contributed by atoms with E-state index in [4.69, 9.17) is 19.5 Å². The van der Waals surface area contributed by atoms with Gasteiger partial charge in [0.25, 0.3) is 0 Å². The zero-order chi connectivity index (χ0) is 24.9. The summed E-state index contributed by atoms with van der Waals surface area (Å²) < 4.78 is 16.7. The van der Waals surface area contributed by atoms with Crippen LogP contribution >= 0.6 is 0 Å². The van der Waals surface area contributed by atoms with Gasteiger partial charge in [0.05, 0.1) is 18.6 Å². The van der Waals surface area contributed by atoms with E-state index in [-0.39, 0.29) is 24.9 Å². The summed E-state index contributed by atoms with van der Waals surface area (Å²) in [6.07, 6.45) is 12.6. The van der Waals surface area contributed by atoms with Gasteiger partial charge in [-0.2, -0.15) is 5.26 Å². The fraction of sp³-hybridized carbons (Fsp3) is 0.185. The number of rotatable bonds is 6. The third-order valence-electron chi connectivity index (χ3n) is 5.79. The van der Waals surface area contributed by atoms with Crippen LogP contribution in [0, 0.1) is 11.3 Å². The standard InChI is InChI=1S/C27H22N4O5/c28-13-21-9-8-20-12-18(6-10-23(20)30-21)7-11-25(32)29-14-22-15-31(27(33)35-22)26-17-34-16-24(36-26)19-4-2-1-3-5-19/h1-2,4,6-12,16-17,22H,3,5,14-15H2,(H,29,32)/b11-7+/t22-/m1/s1. The maximum absolute atomic E-state index is 12.4. The van der Waals surface area contributed by atoms with E-state index in [0.717, 1.165) is 29.4 Å². The summed E-state index contributed by atoms with van der Waals surface area (Å²) in [7, 11) is 0. The van der Waals surface area contributed by atoms with Gasteiger partial charge in [-0.3, -0.25) is 4.79 Å². The molecule has 2 amide bonds. The molecule has 0 saturated carbocycles. The molecule has 0 radical (unpaired) electrons. The van der Waals surface area contributed by atoms with Gasteiger partial charge in [0.15, 0.2) is 12.0 Å². The highest BCUT2D eigenvalue weighted by molar-refractivity contribution is 5.92. The number of hydrogen-bond donors (Lipinski definition) is 1. The monoisotopic (exact) mass is 482 g/mol. The molecule has 1 aliphatic carbocycles. The van der Waals surface area contributed by atoms with E-state index in [9.17, 15) is 9.59 Å². The molecule has 9 nitrogen and oxygen atoms in total. The molecular formula is C27H22N4O5. The van der Waals surface area contributed by atoms with Gasteiger partial charge < -0.3 is 19.5 Å². The number of allylic oxidation sites excluding steroid dienone is 4. The van der Waals surface area contributed by atoms with Crippen LogP contribution in [0.5, 0.6) is 0 Å². The van der Waals surface area contributed by atoms with Crippen LogP contribution in [-0.4, -0.2) is 41.1 Å². The van der Waals surface area contributed by atoms with Crippen molar-refractivity contribution in [2.24, 2.45) is 0 Å². The van der Waals surface area contributed by atoms with E-state index in [0.29, 0.717) is 17.0 Å². The van der Waals surface area contributed by atoms with Crippen molar-refractivity contribution in [2.45, 2.75) is 18.9 Å². The number of carbonyl (C=O) groups is 2. The van der Waals surface area contributed by atoms with E-state index in [2.05, 4.69) is 16.4 Å². The van der Waals surface area contributed by atoms with Crippen LogP contribution < -0.4 is 5.32 Å². The summed E-state index contributed by atoms with van der Waals surface area (Å²) in [6, 6.07) is 11.0. The summed E-state index contributed by atoms with van der Waals surface area (Å²) in [5.41, 5.74) is 2.86. The third kappa shape index (κ3) is 5.13. The Labute approximate surface area is 207 Å². The molecule has 1 aromatic heterocycles. The lowest BCUT2D eigenvalue weighted by Crippen LogP contribution is -2.34. The molecule has 1 aromatic carbocycles. The van der Waals surface area contributed by atoms with Gasteiger partial charge in [0.2, 0.25) is 11.8 Å². The van der Waals surface area contributed by atoms with Crippen LogP contribution in [0.2, 0.25) is 0 Å². The molecule has 3 heterocycles. The lowest BCUT2D eigenvalue weighted by Gasteiger charge is -2.23. The number of ether oxygens (including phenoxy) is 3. The van der Waals surface area contributed by atoms with Crippen molar-refractivity contribution < 1.29 is 23.8 Å². The smallest absolute Gasteiger partial charge is 0.417 e. The van der Waals surface area contributed by atoms with E-state index >= 15 is 0 Å². The van der Waals surface area contributed by atoms with Crippen molar-refractivity contribution >= 4 is 29.0 Å². The molecule has 0 spiro atoms. The number of carbonyl (C=O) groups excluding carboxylic acids is 2. The van der Waals surface area contributed by atoms with Crippen LogP contribution in [0.4, 0.5) is 4.79 Å². The molecular weight excluding hydrogens is 460 g/mol. The van der Waals surface area contributed by atoms with Crippen LogP contribution in [0.25, 0.3) is 17.0 Å². The summed E-state index contributed by atoms with van der Waals surface area (Å²) in [6.45, 7) is 0.364. The summed E-state index contributed by atoms with van der Waals surface area (Å²) in [5, 5.41) is 12.6. The first-order chi connectivity index (χ1) is 17.6. The van der Waals surface area contributed by atoms with Gasteiger partial charge in [0.1, 0.15) is 24.1 Å². The molecule has 1 saturated heterocycles. The number of nitriles is 1. The fourth-order valence-electron chi connectivity index (χ4n) is 3.95. The average Bonchev–Trinajstić information content (AvgIpc) is 3.31. The molecule has 3 aliphatic rings. The number of cyclic esters (lactones) is 1. The van der Waals surface area contributed by atoms with Gasteiger partial charge in [-0.25, -0.2) is 14.7 Å². The highest BCUT2D eigenvalue weighted by atomic mass is 16.6. The summed E-state index contributed by atoms with van der Waals surface area (Å²) in [4.78, 5) is 30.3. The molecule has 0 bridgehead atoms. The Morgan fingerprint density at radius 2 is 2.19 bits per heavy atom. The van der Waals surface area contributed by atoms with E-state index in [1.807, 2.05) is 36.4 Å². The zero-order valence-electron chi connectivity index (χ0n) is 19.2. The number of aromatic nitrogens is 1. The highest BCUT2D eigenvalue weighted by Gasteiger charge is 2.36. The van der Waals surface area contributed by atoms with Gasteiger partial charge in [-0.1, -0.05) is 24.3 Å². The molecule has 5 rings (SSSR count). The van der Waals surface area contributed by atoms with Gasteiger partial charge in [0, 0.05) is 11.5 Å². The molecule has 1 atom stereocenters. The first kappa shape index (κ1) is 22.9. The molecule has 9 heteroatoms. The maximum atomic E-state index is 12.4. The van der Waals surface area contributed by atoms with Crippen molar-refractivity contribution in [3.8, 4) is 6.07 Å². The second-order valence-electron chi connectivity index (χ2n) is 8.29. The molecule has 36 heavy (non-hydrogen) atoms. The number of hydrogen-bond acceptors (Lipinski definition) is 7. The third-order valence-corrected chi connectivity index (χ3v) is 5.79. The predicted molar refractivity (Wildman–Crippen MR) is 130 cm³/mol. The van der Waals surface area contributed by atoms with Gasteiger partial charge in [-0.05, 0) is 54.3 Å².